The molecular weight excluding hydrogens is 446 g/mol. The number of carbonyl (C=O) groups excluding carboxylic acids is 3. The molecule has 1 saturated heterocycles. The van der Waals surface area contributed by atoms with Gasteiger partial charge >= 0.3 is 0 Å². The highest BCUT2D eigenvalue weighted by Crippen LogP contribution is 2.31. The average molecular weight is 482 g/mol. The third-order valence-electron chi connectivity index (χ3n) is 7.21. The van der Waals surface area contributed by atoms with Crippen LogP contribution in [0.3, 0.4) is 0 Å². The van der Waals surface area contributed by atoms with E-state index >= 15 is 0 Å². The molecule has 9 nitrogen and oxygen atoms in total. The number of likely N-dealkylation sites (tertiary alicyclic amines) is 1. The van der Waals surface area contributed by atoms with Crippen molar-refractivity contribution >= 4 is 23.4 Å². The van der Waals surface area contributed by atoms with Crippen LogP contribution < -0.4 is 16.0 Å². The zero-order valence-corrected chi connectivity index (χ0v) is 20.5. The van der Waals surface area contributed by atoms with Crippen molar-refractivity contribution < 1.29 is 18.9 Å². The summed E-state index contributed by atoms with van der Waals surface area (Å²) < 4.78 is 5.38. The van der Waals surface area contributed by atoms with E-state index in [9.17, 15) is 14.4 Å². The molecule has 0 radical (unpaired) electrons. The molecule has 2 aromatic rings. The second-order valence-corrected chi connectivity index (χ2v) is 9.51. The molecule has 2 heterocycles. The van der Waals surface area contributed by atoms with Gasteiger partial charge < -0.3 is 25.4 Å². The number of anilines is 1. The maximum atomic E-state index is 13.8. The van der Waals surface area contributed by atoms with Crippen LogP contribution in [0.2, 0.25) is 0 Å². The zero-order valence-electron chi connectivity index (χ0n) is 20.5. The quantitative estimate of drug-likeness (QED) is 0.534. The summed E-state index contributed by atoms with van der Waals surface area (Å²) in [6.07, 6.45) is 7.82. The van der Waals surface area contributed by atoms with Gasteiger partial charge in [-0.3, -0.25) is 14.4 Å². The van der Waals surface area contributed by atoms with Crippen LogP contribution in [0, 0.1) is 5.92 Å². The summed E-state index contributed by atoms with van der Waals surface area (Å²) in [6.45, 7) is 2.26. The SMILES string of the molecule is CN[C@@H](C)C(=O)N[C@H](C(=O)N1CCC[C@H]1C(=O)Nc1cnoc1-c1ccccc1)C1CCCCC1. The third-order valence-corrected chi connectivity index (χ3v) is 7.21. The van der Waals surface area contributed by atoms with Crippen LogP contribution in [0.4, 0.5) is 5.69 Å². The van der Waals surface area contributed by atoms with Gasteiger partial charge in [0.25, 0.3) is 0 Å². The number of rotatable bonds is 8. The van der Waals surface area contributed by atoms with Gasteiger partial charge in [-0.15, -0.1) is 0 Å². The Morgan fingerprint density at radius 3 is 2.51 bits per heavy atom. The standard InChI is InChI=1S/C26H35N5O4/c1-17(27-2)24(32)30-22(18-10-5-3-6-11-18)26(34)31-15-9-14-21(31)25(33)29-20-16-28-35-23(20)19-12-7-4-8-13-19/h4,7-8,12-13,16-18,21-22,27H,3,5-6,9-11,14-15H2,1-2H3,(H,29,33)(H,30,32)/t17-,21-,22-/m0/s1. The van der Waals surface area contributed by atoms with Gasteiger partial charge in [-0.05, 0) is 45.6 Å². The van der Waals surface area contributed by atoms with Gasteiger partial charge in [0.15, 0.2) is 5.76 Å². The predicted molar refractivity (Wildman–Crippen MR) is 132 cm³/mol. The molecule has 1 saturated carbocycles. The first kappa shape index (κ1) is 24.9. The van der Waals surface area contributed by atoms with E-state index in [2.05, 4.69) is 21.1 Å². The molecule has 0 unspecified atom stereocenters. The molecule has 3 N–H and O–H groups in total. The fraction of sp³-hybridized carbons (Fsp3) is 0.538. The summed E-state index contributed by atoms with van der Waals surface area (Å²) in [6, 6.07) is 7.80. The Bertz CT molecular complexity index is 1020. The maximum Gasteiger partial charge on any atom is 0.247 e. The zero-order chi connectivity index (χ0) is 24.8. The number of nitrogens with zero attached hydrogens (tertiary/aromatic N) is 2. The molecule has 2 fully saturated rings. The minimum atomic E-state index is -0.623. The number of likely N-dealkylation sites (N-methyl/N-ethyl adjacent to an activating group) is 1. The summed E-state index contributed by atoms with van der Waals surface area (Å²) in [4.78, 5) is 41.4. The Balaban J connectivity index is 1.50. The predicted octanol–water partition coefficient (Wildman–Crippen LogP) is 2.94. The minimum absolute atomic E-state index is 0.0799. The van der Waals surface area contributed by atoms with E-state index in [4.69, 9.17) is 4.52 Å². The summed E-state index contributed by atoms with van der Waals surface area (Å²) in [5.74, 6) is -0.0820. The van der Waals surface area contributed by atoms with E-state index in [-0.39, 0.29) is 23.6 Å². The Morgan fingerprint density at radius 1 is 1.06 bits per heavy atom. The van der Waals surface area contributed by atoms with E-state index in [1.54, 1.807) is 18.9 Å². The smallest absolute Gasteiger partial charge is 0.247 e. The monoisotopic (exact) mass is 481 g/mol. The summed E-state index contributed by atoms with van der Waals surface area (Å²) >= 11 is 0. The minimum Gasteiger partial charge on any atom is -0.354 e. The van der Waals surface area contributed by atoms with Gasteiger partial charge in [0.2, 0.25) is 17.7 Å². The molecular formula is C26H35N5O4. The van der Waals surface area contributed by atoms with Crippen molar-refractivity contribution in [3.63, 3.8) is 0 Å². The fourth-order valence-corrected chi connectivity index (χ4v) is 5.08. The first-order chi connectivity index (χ1) is 17.0. The molecule has 188 valence electrons. The van der Waals surface area contributed by atoms with Gasteiger partial charge in [-0.2, -0.15) is 0 Å². The van der Waals surface area contributed by atoms with Gasteiger partial charge in [0.05, 0.1) is 12.2 Å². The van der Waals surface area contributed by atoms with Crippen LogP contribution in [0.15, 0.2) is 41.1 Å². The molecule has 1 aliphatic heterocycles. The van der Waals surface area contributed by atoms with Crippen LogP contribution in [0.1, 0.15) is 51.9 Å². The highest BCUT2D eigenvalue weighted by molar-refractivity contribution is 6.00. The Hall–Kier alpha value is -3.20. The lowest BCUT2D eigenvalue weighted by Crippen LogP contribution is -2.57. The normalized spacial score (nSPS) is 20.3. The molecule has 0 bridgehead atoms. The van der Waals surface area contributed by atoms with Crippen molar-refractivity contribution in [3.8, 4) is 11.3 Å². The summed E-state index contributed by atoms with van der Waals surface area (Å²) in [5.41, 5.74) is 1.28. The molecule has 1 aromatic heterocycles. The van der Waals surface area contributed by atoms with Crippen LogP contribution in [-0.4, -0.2) is 59.5 Å². The summed E-state index contributed by atoms with van der Waals surface area (Å²) in [5, 5.41) is 12.7. The van der Waals surface area contributed by atoms with Crippen LogP contribution >= 0.6 is 0 Å². The van der Waals surface area contributed by atoms with Gasteiger partial charge in [-0.1, -0.05) is 54.8 Å². The number of hydrogen-bond acceptors (Lipinski definition) is 6. The summed E-state index contributed by atoms with van der Waals surface area (Å²) in [7, 11) is 1.72. The van der Waals surface area contributed by atoms with Crippen LogP contribution in [-0.2, 0) is 14.4 Å². The molecule has 3 amide bonds. The van der Waals surface area contributed by atoms with Gasteiger partial charge in [0.1, 0.15) is 17.8 Å². The second kappa shape index (κ2) is 11.5. The number of nitrogens with one attached hydrogen (secondary N) is 3. The first-order valence-corrected chi connectivity index (χ1v) is 12.6. The molecule has 9 heteroatoms. The Labute approximate surface area is 206 Å². The Morgan fingerprint density at radius 2 is 1.80 bits per heavy atom. The van der Waals surface area contributed by atoms with E-state index in [1.165, 1.54) is 6.20 Å². The number of benzene rings is 1. The lowest BCUT2D eigenvalue weighted by Gasteiger charge is -2.35. The Kier molecular flexibility index (Phi) is 8.17. The van der Waals surface area contributed by atoms with Gasteiger partial charge in [0, 0.05) is 12.1 Å². The van der Waals surface area contributed by atoms with E-state index < -0.39 is 18.1 Å². The molecule has 1 aliphatic carbocycles. The van der Waals surface area contributed by atoms with E-state index in [0.717, 1.165) is 44.1 Å². The highest BCUT2D eigenvalue weighted by Gasteiger charge is 2.41. The third kappa shape index (κ3) is 5.73. The molecule has 35 heavy (non-hydrogen) atoms. The van der Waals surface area contributed by atoms with E-state index in [1.807, 2.05) is 30.3 Å². The second-order valence-electron chi connectivity index (χ2n) is 9.51. The van der Waals surface area contributed by atoms with Crippen LogP contribution in [0.5, 0.6) is 0 Å². The largest absolute Gasteiger partial charge is 0.354 e. The first-order valence-electron chi connectivity index (χ1n) is 12.6. The average Bonchev–Trinajstić information content (AvgIpc) is 3.57. The van der Waals surface area contributed by atoms with E-state index in [0.29, 0.717) is 24.4 Å². The molecule has 1 aromatic carbocycles. The van der Waals surface area contributed by atoms with Crippen LogP contribution in [0.25, 0.3) is 11.3 Å². The lowest BCUT2D eigenvalue weighted by atomic mass is 9.83. The van der Waals surface area contributed by atoms with Crippen molar-refractivity contribution in [1.82, 2.24) is 20.7 Å². The van der Waals surface area contributed by atoms with Crippen molar-refractivity contribution in [2.24, 2.45) is 5.92 Å². The van der Waals surface area contributed by atoms with Gasteiger partial charge in [-0.25, -0.2) is 0 Å². The lowest BCUT2D eigenvalue weighted by molar-refractivity contribution is -0.142. The highest BCUT2D eigenvalue weighted by atomic mass is 16.5. The van der Waals surface area contributed by atoms with Crippen molar-refractivity contribution in [1.29, 1.82) is 0 Å². The number of aromatic nitrogens is 1. The topological polar surface area (TPSA) is 117 Å². The molecule has 0 spiro atoms. The number of amides is 3. The van der Waals surface area contributed by atoms with Crippen molar-refractivity contribution in [2.75, 3.05) is 18.9 Å². The maximum absolute atomic E-state index is 13.8. The molecule has 2 aliphatic rings. The van der Waals surface area contributed by atoms with Crippen molar-refractivity contribution in [2.45, 2.75) is 70.0 Å². The molecule has 4 rings (SSSR count). The molecule has 3 atom stereocenters. The number of hydrogen-bond donors (Lipinski definition) is 3. The number of carbonyl (C=O) groups is 3. The van der Waals surface area contributed by atoms with Crippen molar-refractivity contribution in [3.05, 3.63) is 36.5 Å². The fourth-order valence-electron chi connectivity index (χ4n) is 5.08.